The molecule has 0 saturated carbocycles. The molecule has 0 radical (unpaired) electrons. The third kappa shape index (κ3) is 64.1. The molecular formula is C71H130O6. The summed E-state index contributed by atoms with van der Waals surface area (Å²) >= 11 is 0. The Kier molecular flexibility index (Phi) is 63.6. The van der Waals surface area contributed by atoms with Crippen LogP contribution in [-0.2, 0) is 28.6 Å². The Labute approximate surface area is 479 Å². The standard InChI is InChI=1S/C71H130O6/c1-4-7-10-13-16-19-22-25-28-30-32-33-34-35-36-37-38-40-41-43-46-49-52-55-58-61-64-70(73)76-67-68(66-75-69(72)63-60-57-54-51-48-45-27-24-21-18-15-12-9-6-3)77-71(74)65-62-59-56-53-50-47-44-42-39-31-29-26-23-20-17-14-11-8-5-2/h15,17-18,20,24,26-27,29,68H,4-14,16,19,21-23,25,28,30-67H2,1-3H3/b18-15-,20-17-,27-24-,29-26-. The van der Waals surface area contributed by atoms with Crippen molar-refractivity contribution < 1.29 is 28.6 Å². The van der Waals surface area contributed by atoms with Gasteiger partial charge in [0.1, 0.15) is 13.2 Å². The minimum absolute atomic E-state index is 0.0757. The predicted molar refractivity (Wildman–Crippen MR) is 335 cm³/mol. The first-order valence-electron chi connectivity index (χ1n) is 34.1. The maximum atomic E-state index is 12.9. The summed E-state index contributed by atoms with van der Waals surface area (Å²) in [6.07, 6.45) is 82.8. The van der Waals surface area contributed by atoms with Crippen LogP contribution < -0.4 is 0 Å². The molecule has 0 saturated heterocycles. The SMILES string of the molecule is CCCC/C=C\C/C=C\CCCCCCCC(=O)OCC(COC(=O)CCCCCCCCCCCCCCCCCCCCCCCCCCCC)OC(=O)CCCCCCCCCCC/C=C\C/C=C\CCCCC. The summed E-state index contributed by atoms with van der Waals surface area (Å²) < 4.78 is 17.0. The first-order chi connectivity index (χ1) is 38.0. The van der Waals surface area contributed by atoms with Gasteiger partial charge in [-0.1, -0.05) is 320 Å². The maximum absolute atomic E-state index is 12.9. The Morgan fingerprint density at radius 3 is 0.779 bits per heavy atom. The third-order valence-electron chi connectivity index (χ3n) is 15.3. The summed E-state index contributed by atoms with van der Waals surface area (Å²) in [7, 11) is 0. The quantitative estimate of drug-likeness (QED) is 0.0261. The van der Waals surface area contributed by atoms with Crippen LogP contribution in [0.3, 0.4) is 0 Å². The van der Waals surface area contributed by atoms with Crippen molar-refractivity contribution >= 4 is 17.9 Å². The van der Waals surface area contributed by atoms with Gasteiger partial charge in [0.05, 0.1) is 0 Å². The molecule has 6 nitrogen and oxygen atoms in total. The Bertz CT molecular complexity index is 1330. The zero-order chi connectivity index (χ0) is 55.7. The summed E-state index contributed by atoms with van der Waals surface area (Å²) in [5, 5.41) is 0. The monoisotopic (exact) mass is 1080 g/mol. The molecule has 0 heterocycles. The first-order valence-corrected chi connectivity index (χ1v) is 34.1. The molecule has 0 aliphatic rings. The van der Waals surface area contributed by atoms with Crippen LogP contribution in [0.25, 0.3) is 0 Å². The molecule has 0 spiro atoms. The number of hydrogen-bond donors (Lipinski definition) is 0. The highest BCUT2D eigenvalue weighted by molar-refractivity contribution is 5.71. The fourth-order valence-electron chi connectivity index (χ4n) is 10.1. The highest BCUT2D eigenvalue weighted by atomic mass is 16.6. The highest BCUT2D eigenvalue weighted by Gasteiger charge is 2.19. The van der Waals surface area contributed by atoms with Gasteiger partial charge in [0, 0.05) is 19.3 Å². The Morgan fingerprint density at radius 2 is 0.481 bits per heavy atom. The zero-order valence-electron chi connectivity index (χ0n) is 51.7. The molecule has 0 rings (SSSR count). The van der Waals surface area contributed by atoms with E-state index in [0.29, 0.717) is 19.3 Å². The molecule has 0 aromatic carbocycles. The van der Waals surface area contributed by atoms with Crippen molar-refractivity contribution in [2.24, 2.45) is 0 Å². The summed E-state index contributed by atoms with van der Waals surface area (Å²) in [4.78, 5) is 38.4. The topological polar surface area (TPSA) is 78.9 Å². The number of carbonyl (C=O) groups is 3. The summed E-state index contributed by atoms with van der Waals surface area (Å²) in [6.45, 7) is 6.62. The lowest BCUT2D eigenvalue weighted by molar-refractivity contribution is -0.167. The molecule has 0 aliphatic carbocycles. The van der Waals surface area contributed by atoms with E-state index in [4.69, 9.17) is 14.2 Å². The van der Waals surface area contributed by atoms with E-state index in [1.54, 1.807) is 0 Å². The molecular weight excluding hydrogens is 949 g/mol. The number of allylic oxidation sites excluding steroid dienone is 8. The maximum Gasteiger partial charge on any atom is 0.306 e. The predicted octanol–water partition coefficient (Wildman–Crippen LogP) is 23.3. The number of hydrogen-bond acceptors (Lipinski definition) is 6. The average molecular weight is 1080 g/mol. The fraction of sp³-hybridized carbons (Fsp3) is 0.845. The molecule has 0 bridgehead atoms. The largest absolute Gasteiger partial charge is 0.462 e. The first kappa shape index (κ1) is 74.4. The van der Waals surface area contributed by atoms with Gasteiger partial charge in [-0.25, -0.2) is 0 Å². The number of rotatable bonds is 63. The van der Waals surface area contributed by atoms with Crippen LogP contribution in [0, 0.1) is 0 Å². The summed E-state index contributed by atoms with van der Waals surface area (Å²) in [5.74, 6) is -0.872. The van der Waals surface area contributed by atoms with Gasteiger partial charge in [0.2, 0.25) is 0 Å². The van der Waals surface area contributed by atoms with Crippen LogP contribution in [0.4, 0.5) is 0 Å². The molecule has 1 unspecified atom stereocenters. The van der Waals surface area contributed by atoms with Crippen LogP contribution >= 0.6 is 0 Å². The minimum atomic E-state index is -0.781. The molecule has 0 N–H and O–H groups in total. The summed E-state index contributed by atoms with van der Waals surface area (Å²) in [6, 6.07) is 0. The second kappa shape index (κ2) is 65.9. The smallest absolute Gasteiger partial charge is 0.306 e. The van der Waals surface area contributed by atoms with Gasteiger partial charge in [0.15, 0.2) is 6.10 Å². The van der Waals surface area contributed by atoms with Gasteiger partial charge in [-0.3, -0.25) is 14.4 Å². The van der Waals surface area contributed by atoms with Crippen molar-refractivity contribution in [3.8, 4) is 0 Å². The van der Waals surface area contributed by atoms with Crippen LogP contribution in [-0.4, -0.2) is 37.2 Å². The normalized spacial score (nSPS) is 12.3. The van der Waals surface area contributed by atoms with Crippen LogP contribution in [0.1, 0.15) is 367 Å². The van der Waals surface area contributed by atoms with Gasteiger partial charge < -0.3 is 14.2 Å². The second-order valence-corrected chi connectivity index (χ2v) is 23.1. The molecule has 0 aromatic rings. The molecule has 0 fully saturated rings. The van der Waals surface area contributed by atoms with Gasteiger partial charge in [-0.05, 0) is 77.0 Å². The number of carbonyl (C=O) groups excluding carboxylic acids is 3. The van der Waals surface area contributed by atoms with E-state index in [9.17, 15) is 14.4 Å². The van der Waals surface area contributed by atoms with E-state index in [1.165, 1.54) is 244 Å². The lowest BCUT2D eigenvalue weighted by atomic mass is 10.0. The van der Waals surface area contributed by atoms with Crippen molar-refractivity contribution in [3.05, 3.63) is 48.6 Å². The minimum Gasteiger partial charge on any atom is -0.462 e. The Morgan fingerprint density at radius 1 is 0.260 bits per heavy atom. The van der Waals surface area contributed by atoms with Gasteiger partial charge in [-0.2, -0.15) is 0 Å². The Balaban J connectivity index is 4.25. The van der Waals surface area contributed by atoms with Crippen molar-refractivity contribution in [2.75, 3.05) is 13.2 Å². The molecule has 0 aliphatic heterocycles. The lowest BCUT2D eigenvalue weighted by Crippen LogP contribution is -2.30. The van der Waals surface area contributed by atoms with Crippen molar-refractivity contribution in [2.45, 2.75) is 374 Å². The zero-order valence-corrected chi connectivity index (χ0v) is 51.7. The highest BCUT2D eigenvalue weighted by Crippen LogP contribution is 2.18. The molecule has 1 atom stereocenters. The van der Waals surface area contributed by atoms with Gasteiger partial charge in [-0.15, -0.1) is 0 Å². The fourth-order valence-corrected chi connectivity index (χ4v) is 10.1. The lowest BCUT2D eigenvalue weighted by Gasteiger charge is -2.18. The Hall–Kier alpha value is -2.63. The number of unbranched alkanes of at least 4 members (excludes halogenated alkanes) is 44. The van der Waals surface area contributed by atoms with Crippen molar-refractivity contribution in [3.63, 3.8) is 0 Å². The van der Waals surface area contributed by atoms with E-state index in [2.05, 4.69) is 69.4 Å². The van der Waals surface area contributed by atoms with Crippen molar-refractivity contribution in [1.29, 1.82) is 0 Å². The molecule has 450 valence electrons. The van der Waals surface area contributed by atoms with Crippen molar-refractivity contribution in [1.82, 2.24) is 0 Å². The van der Waals surface area contributed by atoms with E-state index in [0.717, 1.165) is 83.5 Å². The summed E-state index contributed by atoms with van der Waals surface area (Å²) in [5.41, 5.74) is 0. The van der Waals surface area contributed by atoms with E-state index in [-0.39, 0.29) is 31.1 Å². The number of esters is 3. The molecule has 6 heteroatoms. The van der Waals surface area contributed by atoms with Crippen LogP contribution in [0.15, 0.2) is 48.6 Å². The van der Waals surface area contributed by atoms with E-state index < -0.39 is 6.10 Å². The number of ether oxygens (including phenoxy) is 3. The van der Waals surface area contributed by atoms with Crippen LogP contribution in [0.2, 0.25) is 0 Å². The van der Waals surface area contributed by atoms with Crippen LogP contribution in [0.5, 0.6) is 0 Å². The molecule has 0 amide bonds. The second-order valence-electron chi connectivity index (χ2n) is 23.1. The van der Waals surface area contributed by atoms with Gasteiger partial charge >= 0.3 is 17.9 Å². The van der Waals surface area contributed by atoms with E-state index >= 15 is 0 Å². The molecule has 0 aromatic heterocycles. The third-order valence-corrected chi connectivity index (χ3v) is 15.3. The average Bonchev–Trinajstić information content (AvgIpc) is 3.43. The van der Waals surface area contributed by atoms with E-state index in [1.807, 2.05) is 0 Å². The molecule has 77 heavy (non-hydrogen) atoms. The van der Waals surface area contributed by atoms with Gasteiger partial charge in [0.25, 0.3) is 0 Å².